The molecule has 0 aliphatic carbocycles. The van der Waals surface area contributed by atoms with Gasteiger partial charge in [0.1, 0.15) is 18.0 Å². The van der Waals surface area contributed by atoms with Crippen LogP contribution in [0.5, 0.6) is 5.75 Å². The Balaban J connectivity index is 1.76. The third-order valence-electron chi connectivity index (χ3n) is 3.80. The second kappa shape index (κ2) is 6.88. The van der Waals surface area contributed by atoms with Crippen molar-refractivity contribution in [1.29, 1.82) is 0 Å². The minimum Gasteiger partial charge on any atom is -0.475 e. The minimum absolute atomic E-state index is 0.313. The molecule has 2 aromatic rings. The lowest BCUT2D eigenvalue weighted by molar-refractivity contribution is -0.0786. The summed E-state index contributed by atoms with van der Waals surface area (Å²) in [5.74, 6) is 0.830. The first-order valence-electron chi connectivity index (χ1n) is 7.39. The fraction of sp³-hybridized carbons (Fsp3) is 0.353. The van der Waals surface area contributed by atoms with E-state index in [9.17, 15) is 15.3 Å². The summed E-state index contributed by atoms with van der Waals surface area (Å²) < 4.78 is 5.75. The Morgan fingerprint density at radius 3 is 2.52 bits per heavy atom. The van der Waals surface area contributed by atoms with Gasteiger partial charge in [-0.25, -0.2) is 0 Å². The lowest BCUT2D eigenvalue weighted by Gasteiger charge is -2.34. The van der Waals surface area contributed by atoms with Crippen LogP contribution in [0.25, 0.3) is 11.1 Å². The van der Waals surface area contributed by atoms with E-state index in [1.165, 1.54) is 17.3 Å². The van der Waals surface area contributed by atoms with Gasteiger partial charge in [0, 0.05) is 17.5 Å². The predicted octanol–water partition coefficient (Wildman–Crippen LogP) is 1.59. The molecular formula is C17H19NO4S. The molecule has 3 N–H and O–H groups in total. The minimum atomic E-state index is -1.20. The van der Waals surface area contributed by atoms with Crippen LogP contribution in [-0.2, 0) is 0 Å². The van der Waals surface area contributed by atoms with Crippen LogP contribution in [-0.4, -0.2) is 49.8 Å². The molecule has 5 nitrogen and oxygen atoms in total. The molecule has 1 aliphatic heterocycles. The van der Waals surface area contributed by atoms with Crippen molar-refractivity contribution in [2.24, 2.45) is 0 Å². The summed E-state index contributed by atoms with van der Waals surface area (Å²) >= 11 is 1.27. The molecule has 3 rings (SSSR count). The Hall–Kier alpha value is -1.60. The molecule has 1 aromatic carbocycles. The molecule has 0 unspecified atom stereocenters. The monoisotopic (exact) mass is 333 g/mol. The van der Waals surface area contributed by atoms with Crippen LogP contribution >= 0.6 is 11.8 Å². The van der Waals surface area contributed by atoms with E-state index < -0.39 is 23.7 Å². The van der Waals surface area contributed by atoms with E-state index in [0.717, 1.165) is 11.1 Å². The molecule has 0 saturated carbocycles. The standard InChI is InChI=1S/C17H19NO4S/c1-10-2-4-11(5-3-10)12-6-13(8-18-7-12)22-17-16(21)15(20)14(19)9-23-17/h2-8,14-17,19-21H,9H2,1H3/t14-,15+,16-,17+/m1/s1. The molecule has 0 amide bonds. The topological polar surface area (TPSA) is 82.8 Å². The van der Waals surface area contributed by atoms with E-state index in [1.807, 2.05) is 37.3 Å². The summed E-state index contributed by atoms with van der Waals surface area (Å²) in [7, 11) is 0. The fourth-order valence-corrected chi connectivity index (χ4v) is 3.53. The number of rotatable bonds is 3. The van der Waals surface area contributed by atoms with E-state index in [0.29, 0.717) is 11.5 Å². The van der Waals surface area contributed by atoms with Gasteiger partial charge in [0.05, 0.1) is 12.3 Å². The Bertz CT molecular complexity index is 664. The number of aromatic nitrogens is 1. The maximum atomic E-state index is 10.0. The second-order valence-corrected chi connectivity index (χ2v) is 6.77. The van der Waals surface area contributed by atoms with E-state index in [4.69, 9.17) is 4.74 Å². The van der Waals surface area contributed by atoms with Crippen LogP contribution < -0.4 is 4.74 Å². The number of hydrogen-bond acceptors (Lipinski definition) is 6. The Morgan fingerprint density at radius 1 is 1.04 bits per heavy atom. The van der Waals surface area contributed by atoms with Gasteiger partial charge in [0.2, 0.25) is 0 Å². The van der Waals surface area contributed by atoms with Crippen molar-refractivity contribution in [2.75, 3.05) is 5.75 Å². The number of hydrogen-bond donors (Lipinski definition) is 3. The zero-order valence-corrected chi connectivity index (χ0v) is 13.5. The molecule has 122 valence electrons. The number of aliphatic hydroxyl groups is 3. The molecule has 23 heavy (non-hydrogen) atoms. The van der Waals surface area contributed by atoms with Crippen LogP contribution in [0.4, 0.5) is 0 Å². The van der Waals surface area contributed by atoms with E-state index >= 15 is 0 Å². The number of pyridine rings is 1. The van der Waals surface area contributed by atoms with Gasteiger partial charge in [0.25, 0.3) is 0 Å². The van der Waals surface area contributed by atoms with Crippen LogP contribution in [0.2, 0.25) is 0 Å². The summed E-state index contributed by atoms with van der Waals surface area (Å²) in [5, 5.41) is 29.3. The normalized spacial score (nSPS) is 27.7. The van der Waals surface area contributed by atoms with E-state index in [2.05, 4.69) is 4.98 Å². The first-order valence-corrected chi connectivity index (χ1v) is 8.44. The number of ether oxygens (including phenoxy) is 1. The molecule has 1 fully saturated rings. The highest BCUT2D eigenvalue weighted by Crippen LogP contribution is 2.30. The number of aryl methyl sites for hydroxylation is 1. The van der Waals surface area contributed by atoms with Gasteiger partial charge in [-0.1, -0.05) is 29.8 Å². The lowest BCUT2D eigenvalue weighted by Crippen LogP contribution is -2.50. The average Bonchev–Trinajstić information content (AvgIpc) is 2.56. The lowest BCUT2D eigenvalue weighted by atomic mass is 10.1. The molecule has 2 heterocycles. The van der Waals surface area contributed by atoms with E-state index in [-0.39, 0.29) is 0 Å². The number of benzene rings is 1. The Labute approximate surface area is 139 Å². The SMILES string of the molecule is Cc1ccc(-c2cncc(O[C@H]3SC[C@@H](O)[C@H](O)[C@H]3O)c2)cc1. The van der Waals surface area contributed by atoms with Crippen molar-refractivity contribution >= 4 is 11.8 Å². The molecule has 0 spiro atoms. The van der Waals surface area contributed by atoms with Crippen molar-refractivity contribution in [3.8, 4) is 16.9 Å². The van der Waals surface area contributed by atoms with Crippen molar-refractivity contribution in [3.05, 3.63) is 48.3 Å². The summed E-state index contributed by atoms with van der Waals surface area (Å²) in [6.45, 7) is 2.03. The summed E-state index contributed by atoms with van der Waals surface area (Å²) in [5.41, 5.74) is 2.49. The zero-order chi connectivity index (χ0) is 16.4. The quantitative estimate of drug-likeness (QED) is 0.791. The van der Waals surface area contributed by atoms with Crippen LogP contribution in [0.1, 0.15) is 5.56 Å². The number of thioether (sulfide) groups is 1. The smallest absolute Gasteiger partial charge is 0.173 e. The third-order valence-corrected chi connectivity index (χ3v) is 5.04. The highest BCUT2D eigenvalue weighted by Gasteiger charge is 2.38. The predicted molar refractivity (Wildman–Crippen MR) is 89.3 cm³/mol. The first kappa shape index (κ1) is 16.3. The molecule has 1 aliphatic rings. The van der Waals surface area contributed by atoms with Gasteiger partial charge in [-0.3, -0.25) is 4.98 Å². The van der Waals surface area contributed by atoms with Crippen molar-refractivity contribution < 1.29 is 20.1 Å². The number of nitrogens with zero attached hydrogens (tertiary/aromatic N) is 1. The van der Waals surface area contributed by atoms with Crippen molar-refractivity contribution in [1.82, 2.24) is 4.98 Å². The Morgan fingerprint density at radius 2 is 1.78 bits per heavy atom. The number of aliphatic hydroxyl groups excluding tert-OH is 3. The molecule has 0 radical (unpaired) electrons. The van der Waals surface area contributed by atoms with Crippen molar-refractivity contribution in [3.63, 3.8) is 0 Å². The largest absolute Gasteiger partial charge is 0.475 e. The van der Waals surface area contributed by atoms with Gasteiger partial charge in [-0.2, -0.15) is 0 Å². The highest BCUT2D eigenvalue weighted by atomic mass is 32.2. The molecule has 4 atom stereocenters. The van der Waals surface area contributed by atoms with Gasteiger partial charge >= 0.3 is 0 Å². The molecule has 0 bridgehead atoms. The van der Waals surface area contributed by atoms with Crippen molar-refractivity contribution in [2.45, 2.75) is 30.7 Å². The maximum absolute atomic E-state index is 10.0. The van der Waals surface area contributed by atoms with Crippen LogP contribution in [0, 0.1) is 6.92 Å². The fourth-order valence-electron chi connectivity index (χ4n) is 2.40. The average molecular weight is 333 g/mol. The van der Waals surface area contributed by atoms with Gasteiger partial charge in [0.15, 0.2) is 5.44 Å². The first-order chi connectivity index (χ1) is 11.0. The van der Waals surface area contributed by atoms with E-state index in [1.54, 1.807) is 12.4 Å². The third kappa shape index (κ3) is 3.67. The van der Waals surface area contributed by atoms with Gasteiger partial charge in [-0.05, 0) is 18.6 Å². The maximum Gasteiger partial charge on any atom is 0.173 e. The summed E-state index contributed by atoms with van der Waals surface area (Å²) in [4.78, 5) is 4.18. The highest BCUT2D eigenvalue weighted by molar-refractivity contribution is 7.99. The molecule has 1 aromatic heterocycles. The molecule has 1 saturated heterocycles. The zero-order valence-electron chi connectivity index (χ0n) is 12.7. The summed E-state index contributed by atoms with van der Waals surface area (Å²) in [6.07, 6.45) is 0.0382. The van der Waals surface area contributed by atoms with Crippen LogP contribution in [0.15, 0.2) is 42.7 Å². The molecular weight excluding hydrogens is 314 g/mol. The van der Waals surface area contributed by atoms with Gasteiger partial charge < -0.3 is 20.1 Å². The van der Waals surface area contributed by atoms with Gasteiger partial charge in [-0.15, -0.1) is 11.8 Å². The second-order valence-electron chi connectivity index (χ2n) is 5.64. The molecule has 6 heteroatoms. The summed E-state index contributed by atoms with van der Waals surface area (Å²) in [6, 6.07) is 9.94. The van der Waals surface area contributed by atoms with Crippen LogP contribution in [0.3, 0.4) is 0 Å². The Kier molecular flexibility index (Phi) is 4.87.